The van der Waals surface area contributed by atoms with Gasteiger partial charge in [-0.1, -0.05) is 25.6 Å². The van der Waals surface area contributed by atoms with Gasteiger partial charge in [-0.15, -0.1) is 0 Å². The fourth-order valence-corrected chi connectivity index (χ4v) is 3.72. The van der Waals surface area contributed by atoms with E-state index in [0.29, 0.717) is 28.3 Å². The van der Waals surface area contributed by atoms with E-state index in [0.717, 1.165) is 25.9 Å². The SMILES string of the molecule is C.Cc1nc2c(OCc3ccccc3F)cccn2c1C(=O)NC1CCN(C)CC1. The molecule has 0 spiro atoms. The van der Waals surface area contributed by atoms with Gasteiger partial charge in [0.25, 0.3) is 5.91 Å². The number of imidazole rings is 1. The van der Waals surface area contributed by atoms with Gasteiger partial charge >= 0.3 is 0 Å². The monoisotopic (exact) mass is 412 g/mol. The molecule has 1 saturated heterocycles. The van der Waals surface area contributed by atoms with E-state index in [9.17, 15) is 9.18 Å². The molecule has 2 aromatic heterocycles. The molecule has 30 heavy (non-hydrogen) atoms. The van der Waals surface area contributed by atoms with Gasteiger partial charge in [0.05, 0.1) is 5.69 Å². The lowest BCUT2D eigenvalue weighted by Gasteiger charge is -2.29. The summed E-state index contributed by atoms with van der Waals surface area (Å²) in [5.74, 6) is 0.0742. The van der Waals surface area contributed by atoms with Crippen LogP contribution < -0.4 is 10.1 Å². The molecule has 160 valence electrons. The first kappa shape index (κ1) is 21.8. The quantitative estimate of drug-likeness (QED) is 0.692. The second-order valence-corrected chi connectivity index (χ2v) is 7.54. The maximum atomic E-state index is 13.9. The number of pyridine rings is 1. The van der Waals surface area contributed by atoms with E-state index in [2.05, 4.69) is 22.2 Å². The largest absolute Gasteiger partial charge is 0.485 e. The first-order chi connectivity index (χ1) is 14.0. The fourth-order valence-electron chi connectivity index (χ4n) is 3.72. The molecule has 1 aliphatic rings. The first-order valence-electron chi connectivity index (χ1n) is 9.86. The third kappa shape index (κ3) is 4.46. The minimum Gasteiger partial charge on any atom is -0.485 e. The maximum absolute atomic E-state index is 13.9. The molecular formula is C23H29FN4O2. The molecule has 7 heteroatoms. The molecule has 0 atom stereocenters. The number of ether oxygens (including phenoxy) is 1. The Balaban J connectivity index is 0.00000256. The van der Waals surface area contributed by atoms with E-state index in [1.54, 1.807) is 40.9 Å². The summed E-state index contributed by atoms with van der Waals surface area (Å²) in [4.78, 5) is 19.8. The number of amides is 1. The number of rotatable bonds is 5. The van der Waals surface area contributed by atoms with Crippen LogP contribution in [-0.2, 0) is 6.61 Å². The number of halogens is 1. The van der Waals surface area contributed by atoms with E-state index < -0.39 is 0 Å². The lowest BCUT2D eigenvalue weighted by molar-refractivity contribution is 0.0910. The van der Waals surface area contributed by atoms with Crippen molar-refractivity contribution >= 4 is 11.6 Å². The Bertz CT molecular complexity index is 1030. The van der Waals surface area contributed by atoms with Crippen LogP contribution in [-0.4, -0.2) is 46.4 Å². The van der Waals surface area contributed by atoms with Gasteiger partial charge in [0.15, 0.2) is 11.4 Å². The minimum atomic E-state index is -0.308. The summed E-state index contributed by atoms with van der Waals surface area (Å²) < 4.78 is 21.5. The van der Waals surface area contributed by atoms with E-state index in [1.165, 1.54) is 6.07 Å². The van der Waals surface area contributed by atoms with Crippen molar-refractivity contribution < 1.29 is 13.9 Å². The van der Waals surface area contributed by atoms with Crippen LogP contribution in [0.5, 0.6) is 5.75 Å². The average molecular weight is 413 g/mol. The molecule has 3 heterocycles. The number of piperidine rings is 1. The number of aryl methyl sites for hydroxylation is 1. The highest BCUT2D eigenvalue weighted by molar-refractivity contribution is 5.95. The van der Waals surface area contributed by atoms with Gasteiger partial charge < -0.3 is 15.0 Å². The summed E-state index contributed by atoms with van der Waals surface area (Å²) in [6.45, 7) is 3.86. The molecule has 4 rings (SSSR count). The average Bonchev–Trinajstić information content (AvgIpc) is 3.05. The molecule has 1 N–H and O–H groups in total. The molecule has 1 fully saturated rings. The zero-order valence-corrected chi connectivity index (χ0v) is 16.7. The van der Waals surface area contributed by atoms with Crippen molar-refractivity contribution in [2.75, 3.05) is 20.1 Å². The molecule has 0 radical (unpaired) electrons. The summed E-state index contributed by atoms with van der Waals surface area (Å²) in [5, 5.41) is 3.14. The van der Waals surface area contributed by atoms with Crippen LogP contribution in [0.2, 0.25) is 0 Å². The highest BCUT2D eigenvalue weighted by atomic mass is 19.1. The standard InChI is InChI=1S/C22H25FN4O2.CH4/c1-15-20(22(28)25-17-9-12-26(2)13-10-17)27-11-5-8-19(21(27)24-15)29-14-16-6-3-4-7-18(16)23;/h3-8,11,17H,9-10,12-14H2,1-2H3,(H,25,28);1H4. The van der Waals surface area contributed by atoms with Gasteiger partial charge in [0, 0.05) is 17.8 Å². The smallest absolute Gasteiger partial charge is 0.270 e. The molecule has 0 aliphatic carbocycles. The van der Waals surface area contributed by atoms with Crippen molar-refractivity contribution in [1.82, 2.24) is 19.6 Å². The van der Waals surface area contributed by atoms with Crippen molar-refractivity contribution in [3.05, 3.63) is 65.4 Å². The second-order valence-electron chi connectivity index (χ2n) is 7.54. The zero-order chi connectivity index (χ0) is 20.4. The Labute approximate surface area is 176 Å². The summed E-state index contributed by atoms with van der Waals surface area (Å²) >= 11 is 0. The first-order valence-corrected chi connectivity index (χ1v) is 9.86. The van der Waals surface area contributed by atoms with Crippen LogP contribution >= 0.6 is 0 Å². The molecule has 1 aromatic carbocycles. The van der Waals surface area contributed by atoms with Gasteiger partial charge in [-0.25, -0.2) is 9.37 Å². The number of hydrogen-bond donors (Lipinski definition) is 1. The number of benzene rings is 1. The number of hydrogen-bond acceptors (Lipinski definition) is 4. The van der Waals surface area contributed by atoms with Crippen LogP contribution in [0.1, 0.15) is 42.0 Å². The summed E-state index contributed by atoms with van der Waals surface area (Å²) in [6, 6.07) is 10.3. The van der Waals surface area contributed by atoms with Gasteiger partial charge in [-0.2, -0.15) is 0 Å². The zero-order valence-electron chi connectivity index (χ0n) is 16.7. The Hall–Kier alpha value is -2.93. The van der Waals surface area contributed by atoms with Crippen molar-refractivity contribution in [3.63, 3.8) is 0 Å². The lowest BCUT2D eigenvalue weighted by atomic mass is 10.1. The number of fused-ring (bicyclic) bond motifs is 1. The fraction of sp³-hybridized carbons (Fsp3) is 0.391. The number of nitrogens with zero attached hydrogens (tertiary/aromatic N) is 3. The number of carbonyl (C=O) groups is 1. The van der Waals surface area contributed by atoms with Gasteiger partial charge in [0.2, 0.25) is 0 Å². The van der Waals surface area contributed by atoms with Crippen molar-refractivity contribution in [1.29, 1.82) is 0 Å². The van der Waals surface area contributed by atoms with Crippen LogP contribution in [0.15, 0.2) is 42.6 Å². The summed E-state index contributed by atoms with van der Waals surface area (Å²) in [7, 11) is 2.09. The van der Waals surface area contributed by atoms with E-state index in [-0.39, 0.29) is 31.8 Å². The van der Waals surface area contributed by atoms with Crippen molar-refractivity contribution in [2.24, 2.45) is 0 Å². The van der Waals surface area contributed by atoms with E-state index in [4.69, 9.17) is 4.74 Å². The van der Waals surface area contributed by atoms with Gasteiger partial charge in [0.1, 0.15) is 18.1 Å². The molecule has 1 aliphatic heterocycles. The Kier molecular flexibility index (Phi) is 6.72. The molecule has 3 aromatic rings. The topological polar surface area (TPSA) is 58.9 Å². The number of aromatic nitrogens is 2. The molecule has 0 bridgehead atoms. The van der Waals surface area contributed by atoms with E-state index >= 15 is 0 Å². The van der Waals surface area contributed by atoms with Crippen LogP contribution in [0.3, 0.4) is 0 Å². The summed E-state index contributed by atoms with van der Waals surface area (Å²) in [6.07, 6.45) is 3.68. The normalized spacial score (nSPS) is 15.0. The van der Waals surface area contributed by atoms with E-state index in [1.807, 2.05) is 6.92 Å². The second kappa shape index (κ2) is 9.26. The molecule has 6 nitrogen and oxygen atoms in total. The number of nitrogens with one attached hydrogen (secondary N) is 1. The van der Waals surface area contributed by atoms with Crippen LogP contribution in [0.4, 0.5) is 4.39 Å². The lowest BCUT2D eigenvalue weighted by Crippen LogP contribution is -2.43. The predicted molar refractivity (Wildman–Crippen MR) is 115 cm³/mol. The molecule has 0 saturated carbocycles. The molecule has 0 unspecified atom stereocenters. The van der Waals surface area contributed by atoms with Crippen molar-refractivity contribution in [2.45, 2.75) is 39.8 Å². The number of carbonyl (C=O) groups excluding carboxylic acids is 1. The number of likely N-dealkylation sites (tertiary alicyclic amines) is 1. The third-order valence-corrected chi connectivity index (χ3v) is 5.40. The molecule has 1 amide bonds. The highest BCUT2D eigenvalue weighted by Gasteiger charge is 2.23. The Morgan fingerprint density at radius 3 is 2.70 bits per heavy atom. The van der Waals surface area contributed by atoms with Gasteiger partial charge in [-0.3, -0.25) is 9.20 Å². The Morgan fingerprint density at radius 1 is 1.23 bits per heavy atom. The van der Waals surface area contributed by atoms with Crippen molar-refractivity contribution in [3.8, 4) is 5.75 Å². The third-order valence-electron chi connectivity index (χ3n) is 5.40. The van der Waals surface area contributed by atoms with Crippen LogP contribution in [0, 0.1) is 12.7 Å². The predicted octanol–water partition coefficient (Wildman–Crippen LogP) is 3.82. The summed E-state index contributed by atoms with van der Waals surface area (Å²) in [5.41, 5.74) is 2.17. The minimum absolute atomic E-state index is 0. The van der Waals surface area contributed by atoms with Gasteiger partial charge in [-0.05, 0) is 58.1 Å². The highest BCUT2D eigenvalue weighted by Crippen LogP contribution is 2.24. The maximum Gasteiger partial charge on any atom is 0.270 e. The van der Waals surface area contributed by atoms with Crippen LogP contribution in [0.25, 0.3) is 5.65 Å². The molecular weight excluding hydrogens is 383 g/mol. The Morgan fingerprint density at radius 2 is 1.97 bits per heavy atom.